The molecule has 2 aromatic rings. The Kier molecular flexibility index (Phi) is 3.63. The van der Waals surface area contributed by atoms with Gasteiger partial charge in [0.15, 0.2) is 0 Å². The second kappa shape index (κ2) is 5.01. The highest BCUT2D eigenvalue weighted by molar-refractivity contribution is 8.00. The summed E-state index contributed by atoms with van der Waals surface area (Å²) < 4.78 is 1.05. The van der Waals surface area contributed by atoms with Crippen LogP contribution in [-0.2, 0) is 4.79 Å². The molecule has 0 spiro atoms. The van der Waals surface area contributed by atoms with Gasteiger partial charge in [-0.15, -0.1) is 23.1 Å². The van der Waals surface area contributed by atoms with E-state index in [1.165, 1.54) is 18.1 Å². The third-order valence-corrected chi connectivity index (χ3v) is 4.60. The molecule has 0 aromatic carbocycles. The van der Waals surface area contributed by atoms with Crippen molar-refractivity contribution in [2.24, 2.45) is 0 Å². The van der Waals surface area contributed by atoms with E-state index in [9.17, 15) is 4.79 Å². The van der Waals surface area contributed by atoms with Crippen LogP contribution < -0.4 is 0 Å². The molecule has 90 valence electrons. The van der Waals surface area contributed by atoms with E-state index < -0.39 is 5.97 Å². The van der Waals surface area contributed by atoms with Gasteiger partial charge in [-0.05, 0) is 17.9 Å². The quantitative estimate of drug-likeness (QED) is 0.682. The predicted octanol–water partition coefficient (Wildman–Crippen LogP) is 2.96. The van der Waals surface area contributed by atoms with Crippen molar-refractivity contribution >= 4 is 39.3 Å². The first-order valence-corrected chi connectivity index (χ1v) is 6.91. The van der Waals surface area contributed by atoms with Crippen molar-refractivity contribution in [1.82, 2.24) is 9.97 Å². The van der Waals surface area contributed by atoms with Crippen molar-refractivity contribution in [3.63, 3.8) is 0 Å². The minimum atomic E-state index is -0.780. The van der Waals surface area contributed by atoms with E-state index in [2.05, 4.69) is 9.97 Å². The van der Waals surface area contributed by atoms with Crippen LogP contribution in [-0.4, -0.2) is 26.3 Å². The van der Waals surface area contributed by atoms with Gasteiger partial charge < -0.3 is 5.11 Å². The summed E-state index contributed by atoms with van der Waals surface area (Å²) in [7, 11) is 0. The lowest BCUT2D eigenvalue weighted by Crippen LogP contribution is -2.05. The van der Waals surface area contributed by atoms with Gasteiger partial charge in [-0.2, -0.15) is 0 Å². The fourth-order valence-corrected chi connectivity index (χ4v) is 3.60. The second-order valence-electron chi connectivity index (χ2n) is 3.80. The number of aromatic nitrogens is 2. The molecule has 0 amide bonds. The van der Waals surface area contributed by atoms with Crippen molar-refractivity contribution in [1.29, 1.82) is 0 Å². The first-order chi connectivity index (χ1) is 8.08. The maximum Gasteiger partial charge on any atom is 0.304 e. The fraction of sp³-hybridized carbons (Fsp3) is 0.364. The van der Waals surface area contributed by atoms with E-state index in [0.29, 0.717) is 0 Å². The predicted molar refractivity (Wildman–Crippen MR) is 69.7 cm³/mol. The van der Waals surface area contributed by atoms with Crippen molar-refractivity contribution in [3.05, 3.63) is 17.3 Å². The van der Waals surface area contributed by atoms with Crippen molar-refractivity contribution < 1.29 is 9.90 Å². The van der Waals surface area contributed by atoms with Gasteiger partial charge in [-0.25, -0.2) is 9.97 Å². The van der Waals surface area contributed by atoms with Gasteiger partial charge in [0.25, 0.3) is 0 Å². The summed E-state index contributed by atoms with van der Waals surface area (Å²) in [5.74, 6) is -0.780. The van der Waals surface area contributed by atoms with Crippen LogP contribution in [0.4, 0.5) is 0 Å². The highest BCUT2D eigenvalue weighted by atomic mass is 32.2. The van der Waals surface area contributed by atoms with Crippen LogP contribution >= 0.6 is 23.1 Å². The van der Waals surface area contributed by atoms with Crippen molar-refractivity contribution in [2.75, 3.05) is 0 Å². The van der Waals surface area contributed by atoms with Crippen LogP contribution in [0, 0.1) is 6.92 Å². The molecule has 0 saturated heterocycles. The molecule has 0 saturated carbocycles. The third-order valence-electron chi connectivity index (χ3n) is 2.27. The lowest BCUT2D eigenvalue weighted by molar-refractivity contribution is -0.136. The summed E-state index contributed by atoms with van der Waals surface area (Å²) >= 11 is 3.10. The smallest absolute Gasteiger partial charge is 0.304 e. The van der Waals surface area contributed by atoms with Gasteiger partial charge in [0, 0.05) is 5.25 Å². The molecule has 0 bridgehead atoms. The lowest BCUT2D eigenvalue weighted by atomic mass is 10.3. The number of carboxylic acids is 1. The van der Waals surface area contributed by atoms with Crippen LogP contribution in [0.1, 0.15) is 18.9 Å². The Balaban J connectivity index is 2.27. The van der Waals surface area contributed by atoms with E-state index in [0.717, 1.165) is 20.8 Å². The Morgan fingerprint density at radius 3 is 3.06 bits per heavy atom. The summed E-state index contributed by atoms with van der Waals surface area (Å²) in [6.45, 7) is 3.91. The van der Waals surface area contributed by atoms with E-state index in [1.807, 2.05) is 19.2 Å². The van der Waals surface area contributed by atoms with E-state index in [1.54, 1.807) is 11.3 Å². The zero-order valence-corrected chi connectivity index (χ0v) is 11.1. The van der Waals surface area contributed by atoms with Gasteiger partial charge >= 0.3 is 5.97 Å². The van der Waals surface area contributed by atoms with Crippen LogP contribution in [0.3, 0.4) is 0 Å². The molecule has 2 rings (SSSR count). The molecule has 0 radical (unpaired) electrons. The molecule has 1 unspecified atom stereocenters. The topological polar surface area (TPSA) is 63.1 Å². The van der Waals surface area contributed by atoms with Gasteiger partial charge in [0.05, 0.1) is 16.6 Å². The monoisotopic (exact) mass is 268 g/mol. The molecule has 2 aromatic heterocycles. The molecule has 0 aliphatic rings. The highest BCUT2D eigenvalue weighted by Gasteiger charge is 2.14. The average molecular weight is 268 g/mol. The molecule has 0 aliphatic carbocycles. The minimum absolute atomic E-state index is 0.00741. The number of thioether (sulfide) groups is 1. The normalized spacial score (nSPS) is 12.8. The Morgan fingerprint density at radius 2 is 2.35 bits per heavy atom. The fourth-order valence-electron chi connectivity index (χ4n) is 1.51. The van der Waals surface area contributed by atoms with Gasteiger partial charge in [0.2, 0.25) is 0 Å². The molecule has 0 fully saturated rings. The van der Waals surface area contributed by atoms with Crippen molar-refractivity contribution in [2.45, 2.75) is 30.5 Å². The van der Waals surface area contributed by atoms with Gasteiger partial charge in [-0.1, -0.05) is 6.92 Å². The number of hydrogen-bond donors (Lipinski definition) is 1. The number of fused-ring (bicyclic) bond motifs is 1. The summed E-state index contributed by atoms with van der Waals surface area (Å²) in [6.07, 6.45) is 1.68. The zero-order valence-electron chi connectivity index (χ0n) is 9.51. The minimum Gasteiger partial charge on any atom is -0.481 e. The van der Waals surface area contributed by atoms with Crippen LogP contribution in [0.15, 0.2) is 16.7 Å². The first kappa shape index (κ1) is 12.3. The lowest BCUT2D eigenvalue weighted by Gasteiger charge is -2.07. The summed E-state index contributed by atoms with van der Waals surface area (Å²) in [4.78, 5) is 19.1. The second-order valence-corrected chi connectivity index (χ2v) is 6.11. The van der Waals surface area contributed by atoms with Gasteiger partial charge in [0.1, 0.15) is 11.4 Å². The van der Waals surface area contributed by atoms with E-state index in [-0.39, 0.29) is 11.7 Å². The number of hydrogen-bond acceptors (Lipinski definition) is 5. The van der Waals surface area contributed by atoms with Crippen LogP contribution in [0.2, 0.25) is 0 Å². The van der Waals surface area contributed by atoms with Crippen LogP contribution in [0.25, 0.3) is 10.2 Å². The zero-order chi connectivity index (χ0) is 12.4. The molecule has 2 heterocycles. The Morgan fingerprint density at radius 1 is 1.59 bits per heavy atom. The maximum absolute atomic E-state index is 10.6. The molecule has 17 heavy (non-hydrogen) atoms. The summed E-state index contributed by atoms with van der Waals surface area (Å²) in [5, 5.41) is 11.7. The first-order valence-electron chi connectivity index (χ1n) is 5.15. The number of thiophene rings is 1. The maximum atomic E-state index is 10.6. The molecule has 0 aliphatic heterocycles. The SMILES string of the molecule is Cc1csc2c(SC(C)CC(=O)O)ncnc12. The largest absolute Gasteiger partial charge is 0.481 e. The Hall–Kier alpha value is -1.14. The molecule has 1 atom stereocenters. The summed E-state index contributed by atoms with van der Waals surface area (Å²) in [5.41, 5.74) is 2.11. The molecular formula is C11H12N2O2S2. The van der Waals surface area contributed by atoms with E-state index in [4.69, 9.17) is 5.11 Å². The number of aliphatic carboxylic acids is 1. The number of aryl methyl sites for hydroxylation is 1. The molecular weight excluding hydrogens is 256 g/mol. The number of rotatable bonds is 4. The molecule has 6 heteroatoms. The highest BCUT2D eigenvalue weighted by Crippen LogP contribution is 2.33. The number of carboxylic acid groups (broad SMARTS) is 1. The Bertz CT molecular complexity index is 553. The molecule has 1 N–H and O–H groups in total. The average Bonchev–Trinajstić information content (AvgIpc) is 2.61. The van der Waals surface area contributed by atoms with Crippen molar-refractivity contribution in [3.8, 4) is 0 Å². The summed E-state index contributed by atoms with van der Waals surface area (Å²) in [6, 6.07) is 0. The van der Waals surface area contributed by atoms with E-state index >= 15 is 0 Å². The third kappa shape index (κ3) is 2.76. The number of nitrogens with zero attached hydrogens (tertiary/aromatic N) is 2. The standard InChI is InChI=1S/C11H12N2O2S2/c1-6-4-16-10-9(6)12-5-13-11(10)17-7(2)3-8(14)15/h4-5,7H,3H2,1-2H3,(H,14,15). The van der Waals surface area contributed by atoms with Gasteiger partial charge in [-0.3, -0.25) is 4.79 Å². The molecule has 4 nitrogen and oxygen atoms in total. The Labute approximate surface area is 107 Å². The van der Waals surface area contributed by atoms with Crippen LogP contribution in [0.5, 0.6) is 0 Å². The number of carbonyl (C=O) groups is 1.